The van der Waals surface area contributed by atoms with Gasteiger partial charge in [0.15, 0.2) is 0 Å². The summed E-state index contributed by atoms with van der Waals surface area (Å²) in [5.41, 5.74) is 1.07. The number of rotatable bonds is 8. The first kappa shape index (κ1) is 17.1. The van der Waals surface area contributed by atoms with Gasteiger partial charge in [0.1, 0.15) is 5.82 Å². The first-order valence-corrected chi connectivity index (χ1v) is 7.20. The summed E-state index contributed by atoms with van der Waals surface area (Å²) in [6.07, 6.45) is 2.41. The van der Waals surface area contributed by atoms with E-state index in [-0.39, 0.29) is 24.1 Å². The van der Waals surface area contributed by atoms with Gasteiger partial charge in [0.05, 0.1) is 0 Å². The molecule has 0 fully saturated rings. The lowest BCUT2D eigenvalue weighted by molar-refractivity contribution is -0.137. The molecule has 1 atom stereocenters. The Balaban J connectivity index is 2.43. The Labute approximate surface area is 124 Å². The van der Waals surface area contributed by atoms with Crippen LogP contribution in [0.2, 0.25) is 0 Å². The minimum atomic E-state index is -0.792. The molecule has 116 valence electrons. The van der Waals surface area contributed by atoms with Gasteiger partial charge in [-0.15, -0.1) is 0 Å². The molecule has 5 heteroatoms. The highest BCUT2D eigenvalue weighted by Gasteiger charge is 2.12. The van der Waals surface area contributed by atoms with Crippen molar-refractivity contribution in [1.82, 2.24) is 5.32 Å². The van der Waals surface area contributed by atoms with Crippen molar-refractivity contribution in [2.45, 2.75) is 39.5 Å². The Kier molecular flexibility index (Phi) is 6.85. The van der Waals surface area contributed by atoms with E-state index in [2.05, 4.69) is 5.32 Å². The van der Waals surface area contributed by atoms with E-state index in [4.69, 9.17) is 5.11 Å². The van der Waals surface area contributed by atoms with Crippen LogP contribution in [-0.2, 0) is 4.79 Å². The van der Waals surface area contributed by atoms with Crippen LogP contribution < -0.4 is 5.32 Å². The maximum Gasteiger partial charge on any atom is 0.303 e. The van der Waals surface area contributed by atoms with Crippen LogP contribution in [0.3, 0.4) is 0 Å². The molecule has 0 radical (unpaired) electrons. The Morgan fingerprint density at radius 1 is 1.33 bits per heavy atom. The summed E-state index contributed by atoms with van der Waals surface area (Å²) in [7, 11) is 0. The van der Waals surface area contributed by atoms with Gasteiger partial charge in [-0.05, 0) is 49.4 Å². The molecule has 21 heavy (non-hydrogen) atoms. The summed E-state index contributed by atoms with van der Waals surface area (Å²) in [6.45, 7) is 4.20. The number of amides is 1. The van der Waals surface area contributed by atoms with Crippen LogP contribution >= 0.6 is 0 Å². The zero-order chi connectivity index (χ0) is 15.8. The SMILES string of the molecule is CCC(CCNC(=O)c1ccc(F)cc1C)CCC(=O)O. The summed E-state index contributed by atoms with van der Waals surface area (Å²) >= 11 is 0. The van der Waals surface area contributed by atoms with Crippen molar-refractivity contribution in [2.75, 3.05) is 6.54 Å². The molecule has 0 aliphatic rings. The fourth-order valence-corrected chi connectivity index (χ4v) is 2.25. The van der Waals surface area contributed by atoms with Crippen LogP contribution in [0.25, 0.3) is 0 Å². The highest BCUT2D eigenvalue weighted by atomic mass is 19.1. The first-order chi connectivity index (χ1) is 9.93. The Hall–Kier alpha value is -1.91. The lowest BCUT2D eigenvalue weighted by Gasteiger charge is -2.14. The van der Waals surface area contributed by atoms with E-state index in [1.165, 1.54) is 18.2 Å². The number of aliphatic carboxylic acids is 1. The molecule has 1 unspecified atom stereocenters. The van der Waals surface area contributed by atoms with Crippen LogP contribution in [0.1, 0.15) is 48.5 Å². The van der Waals surface area contributed by atoms with Gasteiger partial charge in [-0.25, -0.2) is 4.39 Å². The first-order valence-electron chi connectivity index (χ1n) is 7.20. The maximum atomic E-state index is 13.0. The number of hydrogen-bond donors (Lipinski definition) is 2. The van der Waals surface area contributed by atoms with E-state index in [0.29, 0.717) is 24.1 Å². The van der Waals surface area contributed by atoms with Crippen molar-refractivity contribution < 1.29 is 19.1 Å². The second-order valence-corrected chi connectivity index (χ2v) is 5.21. The maximum absolute atomic E-state index is 13.0. The zero-order valence-electron chi connectivity index (χ0n) is 12.5. The van der Waals surface area contributed by atoms with Crippen LogP contribution in [0.4, 0.5) is 4.39 Å². The Morgan fingerprint density at radius 3 is 2.62 bits per heavy atom. The molecule has 1 rings (SSSR count). The van der Waals surface area contributed by atoms with E-state index in [0.717, 1.165) is 12.8 Å². The summed E-state index contributed by atoms with van der Waals surface area (Å²) < 4.78 is 13.0. The van der Waals surface area contributed by atoms with Crippen molar-refractivity contribution in [3.05, 3.63) is 35.1 Å². The molecule has 0 saturated carbocycles. The van der Waals surface area contributed by atoms with Crippen LogP contribution in [0, 0.1) is 18.7 Å². The molecule has 1 aromatic rings. The highest BCUT2D eigenvalue weighted by molar-refractivity contribution is 5.95. The van der Waals surface area contributed by atoms with E-state index in [1.807, 2.05) is 6.92 Å². The van der Waals surface area contributed by atoms with Crippen LogP contribution in [0.15, 0.2) is 18.2 Å². The second-order valence-electron chi connectivity index (χ2n) is 5.21. The van der Waals surface area contributed by atoms with E-state index >= 15 is 0 Å². The Bertz CT molecular complexity index is 502. The van der Waals surface area contributed by atoms with Crippen molar-refractivity contribution in [3.63, 3.8) is 0 Å². The molecular formula is C16H22FNO3. The zero-order valence-corrected chi connectivity index (χ0v) is 12.5. The molecule has 0 aliphatic heterocycles. The molecule has 4 nitrogen and oxygen atoms in total. The fraction of sp³-hybridized carbons (Fsp3) is 0.500. The molecule has 0 bridgehead atoms. The third-order valence-corrected chi connectivity index (χ3v) is 3.62. The predicted octanol–water partition coefficient (Wildman–Crippen LogP) is 3.15. The molecule has 1 aromatic carbocycles. The predicted molar refractivity (Wildman–Crippen MR) is 78.7 cm³/mol. The number of aryl methyl sites for hydroxylation is 1. The van der Waals surface area contributed by atoms with Gasteiger partial charge in [0, 0.05) is 18.5 Å². The third kappa shape index (κ3) is 5.94. The Morgan fingerprint density at radius 2 is 2.05 bits per heavy atom. The van der Waals surface area contributed by atoms with Gasteiger partial charge in [-0.2, -0.15) is 0 Å². The number of halogens is 1. The average Bonchev–Trinajstić information content (AvgIpc) is 2.42. The van der Waals surface area contributed by atoms with Gasteiger partial charge in [-0.1, -0.05) is 13.3 Å². The van der Waals surface area contributed by atoms with Gasteiger partial charge < -0.3 is 10.4 Å². The minimum absolute atomic E-state index is 0.156. The van der Waals surface area contributed by atoms with Crippen molar-refractivity contribution >= 4 is 11.9 Å². The standard InChI is InChI=1S/C16H22FNO3/c1-3-12(4-7-15(19)20)8-9-18-16(21)14-6-5-13(17)10-11(14)2/h5-6,10,12H,3-4,7-9H2,1-2H3,(H,18,21)(H,19,20). The van der Waals surface area contributed by atoms with Crippen molar-refractivity contribution in [3.8, 4) is 0 Å². The normalized spacial score (nSPS) is 12.0. The molecule has 0 aliphatic carbocycles. The summed E-state index contributed by atoms with van der Waals surface area (Å²) in [4.78, 5) is 22.5. The number of nitrogens with one attached hydrogen (secondary N) is 1. The van der Waals surface area contributed by atoms with Crippen LogP contribution in [0.5, 0.6) is 0 Å². The summed E-state index contributed by atoms with van der Waals surface area (Å²) in [5, 5.41) is 11.5. The molecule has 0 saturated heterocycles. The number of benzene rings is 1. The topological polar surface area (TPSA) is 66.4 Å². The molecule has 1 amide bonds. The lowest BCUT2D eigenvalue weighted by atomic mass is 9.96. The van der Waals surface area contributed by atoms with Gasteiger partial charge in [0.25, 0.3) is 5.91 Å². The van der Waals surface area contributed by atoms with Crippen LogP contribution in [-0.4, -0.2) is 23.5 Å². The smallest absolute Gasteiger partial charge is 0.303 e. The molecule has 0 heterocycles. The summed E-state index contributed by atoms with van der Waals surface area (Å²) in [6, 6.07) is 4.07. The number of carboxylic acid groups (broad SMARTS) is 1. The number of carbonyl (C=O) groups is 2. The highest BCUT2D eigenvalue weighted by Crippen LogP contribution is 2.15. The van der Waals surface area contributed by atoms with Gasteiger partial charge in [0.2, 0.25) is 0 Å². The molecule has 0 spiro atoms. The second kappa shape index (κ2) is 8.39. The quantitative estimate of drug-likeness (QED) is 0.774. The number of carbonyl (C=O) groups excluding carboxylic acids is 1. The minimum Gasteiger partial charge on any atom is -0.481 e. The lowest BCUT2D eigenvalue weighted by Crippen LogP contribution is -2.26. The van der Waals surface area contributed by atoms with E-state index < -0.39 is 5.97 Å². The largest absolute Gasteiger partial charge is 0.481 e. The van der Waals surface area contributed by atoms with Crippen molar-refractivity contribution in [2.24, 2.45) is 5.92 Å². The van der Waals surface area contributed by atoms with Gasteiger partial charge in [-0.3, -0.25) is 9.59 Å². The van der Waals surface area contributed by atoms with Gasteiger partial charge >= 0.3 is 5.97 Å². The third-order valence-electron chi connectivity index (χ3n) is 3.62. The average molecular weight is 295 g/mol. The fourth-order valence-electron chi connectivity index (χ4n) is 2.25. The molecule has 0 aromatic heterocycles. The number of hydrogen-bond acceptors (Lipinski definition) is 2. The monoisotopic (exact) mass is 295 g/mol. The van der Waals surface area contributed by atoms with E-state index in [1.54, 1.807) is 6.92 Å². The summed E-state index contributed by atoms with van der Waals surface area (Å²) in [5.74, 6) is -1.08. The van der Waals surface area contributed by atoms with Crippen molar-refractivity contribution in [1.29, 1.82) is 0 Å². The van der Waals surface area contributed by atoms with E-state index in [9.17, 15) is 14.0 Å². The molecular weight excluding hydrogens is 273 g/mol. The molecule has 2 N–H and O–H groups in total. The number of carboxylic acids is 1.